The SMILES string of the molecule is CCOc1ccc(NC(=O)c2ccc(-n3ccnc3)cc2)cc1CO. The number of carbonyl (C=O) groups is 1. The monoisotopic (exact) mass is 337 g/mol. The molecule has 0 radical (unpaired) electrons. The van der Waals surface area contributed by atoms with E-state index in [-0.39, 0.29) is 12.5 Å². The average Bonchev–Trinajstić information content (AvgIpc) is 3.18. The molecule has 0 atom stereocenters. The maximum atomic E-state index is 12.4. The van der Waals surface area contributed by atoms with Gasteiger partial charge in [-0.3, -0.25) is 4.79 Å². The zero-order valence-electron chi connectivity index (χ0n) is 13.8. The van der Waals surface area contributed by atoms with Gasteiger partial charge in [-0.2, -0.15) is 0 Å². The zero-order chi connectivity index (χ0) is 17.6. The second kappa shape index (κ2) is 7.63. The molecule has 0 bridgehead atoms. The summed E-state index contributed by atoms with van der Waals surface area (Å²) in [6.45, 7) is 2.24. The highest BCUT2D eigenvalue weighted by Gasteiger charge is 2.09. The van der Waals surface area contributed by atoms with Crippen molar-refractivity contribution in [3.8, 4) is 11.4 Å². The van der Waals surface area contributed by atoms with E-state index < -0.39 is 0 Å². The van der Waals surface area contributed by atoms with E-state index in [9.17, 15) is 9.90 Å². The van der Waals surface area contributed by atoms with Gasteiger partial charge < -0.3 is 19.7 Å². The summed E-state index contributed by atoms with van der Waals surface area (Å²) < 4.78 is 7.30. The fourth-order valence-electron chi connectivity index (χ4n) is 2.48. The second-order valence-corrected chi connectivity index (χ2v) is 5.38. The molecule has 1 aromatic heterocycles. The minimum absolute atomic E-state index is 0.154. The predicted octanol–water partition coefficient (Wildman–Crippen LogP) is 3.02. The topological polar surface area (TPSA) is 76.4 Å². The van der Waals surface area contributed by atoms with Crippen LogP contribution in [0.2, 0.25) is 0 Å². The molecule has 2 N–H and O–H groups in total. The third-order valence-electron chi connectivity index (χ3n) is 3.72. The van der Waals surface area contributed by atoms with E-state index in [0.717, 1.165) is 5.69 Å². The maximum Gasteiger partial charge on any atom is 0.255 e. The Morgan fingerprint density at radius 1 is 1.24 bits per heavy atom. The number of nitrogens with one attached hydrogen (secondary N) is 1. The molecule has 6 nitrogen and oxygen atoms in total. The molecule has 6 heteroatoms. The summed E-state index contributed by atoms with van der Waals surface area (Å²) in [7, 11) is 0. The number of benzene rings is 2. The number of nitrogens with zero attached hydrogens (tertiary/aromatic N) is 2. The van der Waals surface area contributed by atoms with Crippen LogP contribution in [0.5, 0.6) is 5.75 Å². The molecular formula is C19H19N3O3. The largest absolute Gasteiger partial charge is 0.494 e. The number of aromatic nitrogens is 2. The molecule has 0 spiro atoms. The Hall–Kier alpha value is -3.12. The molecule has 1 heterocycles. The number of rotatable bonds is 6. The molecule has 2 aromatic carbocycles. The van der Waals surface area contributed by atoms with Gasteiger partial charge in [0.2, 0.25) is 0 Å². The normalized spacial score (nSPS) is 10.5. The number of ether oxygens (including phenoxy) is 1. The van der Waals surface area contributed by atoms with E-state index in [4.69, 9.17) is 4.74 Å². The number of aliphatic hydroxyl groups excluding tert-OH is 1. The van der Waals surface area contributed by atoms with E-state index in [1.54, 1.807) is 42.9 Å². The minimum atomic E-state index is -0.217. The van der Waals surface area contributed by atoms with Crippen LogP contribution in [0.15, 0.2) is 61.2 Å². The number of hydrogen-bond acceptors (Lipinski definition) is 4. The first-order valence-corrected chi connectivity index (χ1v) is 7.97. The van der Waals surface area contributed by atoms with E-state index >= 15 is 0 Å². The fraction of sp³-hybridized carbons (Fsp3) is 0.158. The molecule has 0 aliphatic heterocycles. The van der Waals surface area contributed by atoms with Crippen molar-refractivity contribution < 1.29 is 14.6 Å². The van der Waals surface area contributed by atoms with Crippen LogP contribution in [-0.2, 0) is 6.61 Å². The smallest absolute Gasteiger partial charge is 0.255 e. The molecule has 0 unspecified atom stereocenters. The lowest BCUT2D eigenvalue weighted by molar-refractivity contribution is 0.102. The predicted molar refractivity (Wildman–Crippen MR) is 95.1 cm³/mol. The van der Waals surface area contributed by atoms with Gasteiger partial charge in [-0.25, -0.2) is 4.98 Å². The first-order valence-electron chi connectivity index (χ1n) is 7.97. The van der Waals surface area contributed by atoms with Crippen LogP contribution in [0, 0.1) is 0 Å². The van der Waals surface area contributed by atoms with E-state index in [1.165, 1.54) is 0 Å². The summed E-state index contributed by atoms with van der Waals surface area (Å²) in [5.41, 5.74) is 2.72. The Balaban J connectivity index is 1.73. The minimum Gasteiger partial charge on any atom is -0.494 e. The third-order valence-corrected chi connectivity index (χ3v) is 3.72. The van der Waals surface area contributed by atoms with Crippen LogP contribution in [0.4, 0.5) is 5.69 Å². The van der Waals surface area contributed by atoms with Crippen molar-refractivity contribution in [3.05, 3.63) is 72.3 Å². The Kier molecular flexibility index (Phi) is 5.11. The second-order valence-electron chi connectivity index (χ2n) is 5.38. The fourth-order valence-corrected chi connectivity index (χ4v) is 2.48. The van der Waals surface area contributed by atoms with Crippen LogP contribution in [0.3, 0.4) is 0 Å². The summed E-state index contributed by atoms with van der Waals surface area (Å²) in [5, 5.41) is 12.3. The van der Waals surface area contributed by atoms with Gasteiger partial charge in [0.1, 0.15) is 5.75 Å². The first-order chi connectivity index (χ1) is 12.2. The number of hydrogen-bond donors (Lipinski definition) is 2. The lowest BCUT2D eigenvalue weighted by Gasteiger charge is -2.11. The molecule has 1 amide bonds. The van der Waals surface area contributed by atoms with Gasteiger partial charge in [0.05, 0.1) is 19.5 Å². The maximum absolute atomic E-state index is 12.4. The van der Waals surface area contributed by atoms with Crippen LogP contribution in [-0.4, -0.2) is 27.2 Å². The van der Waals surface area contributed by atoms with Gasteiger partial charge in [0, 0.05) is 34.9 Å². The van der Waals surface area contributed by atoms with Crippen LogP contribution in [0.25, 0.3) is 5.69 Å². The first kappa shape index (κ1) is 16.7. The van der Waals surface area contributed by atoms with Crippen molar-refractivity contribution in [3.63, 3.8) is 0 Å². The molecular weight excluding hydrogens is 318 g/mol. The van der Waals surface area contributed by atoms with E-state index in [1.807, 2.05) is 29.8 Å². The number of aliphatic hydroxyl groups is 1. The molecule has 3 rings (SSSR count). The average molecular weight is 337 g/mol. The van der Waals surface area contributed by atoms with Gasteiger partial charge in [-0.05, 0) is 49.4 Å². The highest BCUT2D eigenvalue weighted by molar-refractivity contribution is 6.04. The summed E-state index contributed by atoms with van der Waals surface area (Å²) in [6, 6.07) is 12.4. The molecule has 3 aromatic rings. The Morgan fingerprint density at radius 2 is 2.04 bits per heavy atom. The molecule has 0 saturated heterocycles. The highest BCUT2D eigenvalue weighted by atomic mass is 16.5. The van der Waals surface area contributed by atoms with Crippen molar-refractivity contribution in [1.82, 2.24) is 9.55 Å². The van der Waals surface area contributed by atoms with Crippen LogP contribution >= 0.6 is 0 Å². The Morgan fingerprint density at radius 3 is 2.68 bits per heavy atom. The van der Waals surface area contributed by atoms with Gasteiger partial charge in [-0.1, -0.05) is 0 Å². The zero-order valence-corrected chi connectivity index (χ0v) is 13.8. The lowest BCUT2D eigenvalue weighted by Crippen LogP contribution is -2.12. The Labute approximate surface area is 145 Å². The molecule has 0 aliphatic carbocycles. The van der Waals surface area contributed by atoms with Crippen molar-refractivity contribution in [2.24, 2.45) is 0 Å². The van der Waals surface area contributed by atoms with Gasteiger partial charge in [0.15, 0.2) is 0 Å². The summed E-state index contributed by atoms with van der Waals surface area (Å²) in [5.74, 6) is 0.401. The molecule has 0 saturated carbocycles. The van der Waals surface area contributed by atoms with Crippen molar-refractivity contribution in [1.29, 1.82) is 0 Å². The summed E-state index contributed by atoms with van der Waals surface area (Å²) in [4.78, 5) is 16.4. The third kappa shape index (κ3) is 3.87. The van der Waals surface area contributed by atoms with Gasteiger partial charge >= 0.3 is 0 Å². The molecule has 0 aliphatic rings. The van der Waals surface area contributed by atoms with Crippen molar-refractivity contribution in [2.45, 2.75) is 13.5 Å². The quantitative estimate of drug-likeness (QED) is 0.725. The molecule has 128 valence electrons. The number of carbonyl (C=O) groups excluding carboxylic acids is 1. The lowest BCUT2D eigenvalue weighted by atomic mass is 10.1. The number of amides is 1. The molecule has 0 fully saturated rings. The van der Waals surface area contributed by atoms with Crippen LogP contribution in [0.1, 0.15) is 22.8 Å². The Bertz CT molecular complexity index is 843. The summed E-state index contributed by atoms with van der Waals surface area (Å²) >= 11 is 0. The van der Waals surface area contributed by atoms with E-state index in [2.05, 4.69) is 10.3 Å². The number of anilines is 1. The van der Waals surface area contributed by atoms with Gasteiger partial charge in [-0.15, -0.1) is 0 Å². The van der Waals surface area contributed by atoms with Crippen LogP contribution < -0.4 is 10.1 Å². The number of imidazole rings is 1. The molecule has 25 heavy (non-hydrogen) atoms. The standard InChI is InChI=1S/C19H19N3O3/c1-2-25-18-8-5-16(11-15(18)12-23)21-19(24)14-3-6-17(7-4-14)22-10-9-20-13-22/h3-11,13,23H,2,12H2,1H3,(H,21,24). The van der Waals surface area contributed by atoms with Crippen molar-refractivity contribution in [2.75, 3.05) is 11.9 Å². The van der Waals surface area contributed by atoms with Crippen molar-refractivity contribution >= 4 is 11.6 Å². The van der Waals surface area contributed by atoms with E-state index in [0.29, 0.717) is 29.2 Å². The summed E-state index contributed by atoms with van der Waals surface area (Å²) in [6.07, 6.45) is 5.24. The van der Waals surface area contributed by atoms with Gasteiger partial charge in [0.25, 0.3) is 5.91 Å². The highest BCUT2D eigenvalue weighted by Crippen LogP contribution is 2.23.